The van der Waals surface area contributed by atoms with Gasteiger partial charge in [-0.1, -0.05) is 18.2 Å². The second kappa shape index (κ2) is 8.03. The summed E-state index contributed by atoms with van der Waals surface area (Å²) in [5, 5.41) is 13.8. The van der Waals surface area contributed by atoms with Crippen molar-refractivity contribution in [2.75, 3.05) is 13.2 Å². The van der Waals surface area contributed by atoms with E-state index in [2.05, 4.69) is 5.10 Å². The number of aromatic carboxylic acids is 1. The number of carboxylic acids is 1. The van der Waals surface area contributed by atoms with Gasteiger partial charge in [-0.15, -0.1) is 0 Å². The highest BCUT2D eigenvalue weighted by Gasteiger charge is 2.30. The van der Waals surface area contributed by atoms with E-state index in [4.69, 9.17) is 4.74 Å². The third kappa shape index (κ3) is 3.99. The molecular formula is C19H21N3O5. The van der Waals surface area contributed by atoms with Crippen molar-refractivity contribution in [1.82, 2.24) is 14.7 Å². The summed E-state index contributed by atoms with van der Waals surface area (Å²) >= 11 is 0. The summed E-state index contributed by atoms with van der Waals surface area (Å²) in [6, 6.07) is 9.31. The van der Waals surface area contributed by atoms with Crippen LogP contribution in [0.4, 0.5) is 0 Å². The maximum absolute atomic E-state index is 12.4. The van der Waals surface area contributed by atoms with Gasteiger partial charge in [0.15, 0.2) is 5.69 Å². The first-order chi connectivity index (χ1) is 13.0. The third-order valence-corrected chi connectivity index (χ3v) is 4.46. The SMILES string of the molecule is CCOC(=O)CCC(=O)N1CCc2c(c(C(=O)O)nn2-c2ccccc2)C1. The molecule has 1 aliphatic heterocycles. The lowest BCUT2D eigenvalue weighted by molar-refractivity contribution is -0.145. The van der Waals surface area contributed by atoms with Gasteiger partial charge in [-0.05, 0) is 19.1 Å². The number of fused-ring (bicyclic) bond motifs is 1. The maximum Gasteiger partial charge on any atom is 0.356 e. The summed E-state index contributed by atoms with van der Waals surface area (Å²) in [5.41, 5.74) is 2.08. The van der Waals surface area contributed by atoms with Gasteiger partial charge in [-0.25, -0.2) is 9.48 Å². The molecule has 8 heteroatoms. The van der Waals surface area contributed by atoms with Gasteiger partial charge in [0.25, 0.3) is 0 Å². The minimum atomic E-state index is -1.12. The standard InChI is InChI=1S/C19H21N3O5/c1-2-27-17(24)9-8-16(23)21-11-10-15-14(12-21)18(19(25)26)20-22(15)13-6-4-3-5-7-13/h3-7H,2,8-12H2,1H3,(H,25,26). The molecule has 1 aromatic carbocycles. The Labute approximate surface area is 156 Å². The minimum absolute atomic E-state index is 0.0189. The largest absolute Gasteiger partial charge is 0.476 e. The Morgan fingerprint density at radius 1 is 1.19 bits per heavy atom. The van der Waals surface area contributed by atoms with Gasteiger partial charge in [0.2, 0.25) is 5.91 Å². The van der Waals surface area contributed by atoms with Crippen LogP contribution >= 0.6 is 0 Å². The molecule has 1 amide bonds. The Kier molecular flexibility index (Phi) is 5.54. The summed E-state index contributed by atoms with van der Waals surface area (Å²) < 4.78 is 6.48. The van der Waals surface area contributed by atoms with Gasteiger partial charge >= 0.3 is 11.9 Å². The maximum atomic E-state index is 12.4. The van der Waals surface area contributed by atoms with Gasteiger partial charge < -0.3 is 14.7 Å². The van der Waals surface area contributed by atoms with E-state index in [0.29, 0.717) is 18.5 Å². The van der Waals surface area contributed by atoms with Crippen LogP contribution in [0.5, 0.6) is 0 Å². The number of hydrogen-bond acceptors (Lipinski definition) is 5. The number of carbonyl (C=O) groups is 3. The highest BCUT2D eigenvalue weighted by Crippen LogP contribution is 2.26. The van der Waals surface area contributed by atoms with Gasteiger partial charge in [0.05, 0.1) is 24.4 Å². The van der Waals surface area contributed by atoms with Crippen molar-refractivity contribution in [3.05, 3.63) is 47.3 Å². The van der Waals surface area contributed by atoms with E-state index in [-0.39, 0.29) is 37.6 Å². The molecule has 0 fully saturated rings. The van der Waals surface area contributed by atoms with Crippen LogP contribution < -0.4 is 0 Å². The van der Waals surface area contributed by atoms with Crippen LogP contribution in [-0.4, -0.2) is 50.8 Å². The third-order valence-electron chi connectivity index (χ3n) is 4.46. The smallest absolute Gasteiger partial charge is 0.356 e. The summed E-state index contributed by atoms with van der Waals surface area (Å²) in [7, 11) is 0. The number of carboxylic acid groups (broad SMARTS) is 1. The number of nitrogens with zero attached hydrogens (tertiary/aromatic N) is 3. The van der Waals surface area contributed by atoms with Crippen LogP contribution in [-0.2, 0) is 27.3 Å². The van der Waals surface area contributed by atoms with Gasteiger partial charge in [0.1, 0.15) is 0 Å². The number of para-hydroxylation sites is 1. The molecule has 0 saturated heterocycles. The quantitative estimate of drug-likeness (QED) is 0.777. The average Bonchev–Trinajstić information content (AvgIpc) is 3.06. The lowest BCUT2D eigenvalue weighted by atomic mass is 10.0. The van der Waals surface area contributed by atoms with Crippen LogP contribution in [0.3, 0.4) is 0 Å². The van der Waals surface area contributed by atoms with Crippen LogP contribution in [0.25, 0.3) is 5.69 Å². The van der Waals surface area contributed by atoms with E-state index in [9.17, 15) is 19.5 Å². The number of hydrogen-bond donors (Lipinski definition) is 1. The molecule has 0 atom stereocenters. The van der Waals surface area contributed by atoms with Crippen LogP contribution in [0.2, 0.25) is 0 Å². The van der Waals surface area contributed by atoms with Crippen molar-refractivity contribution >= 4 is 17.8 Å². The molecule has 0 spiro atoms. The number of aromatic nitrogens is 2. The second-order valence-electron chi connectivity index (χ2n) is 6.20. The number of amides is 1. The first-order valence-corrected chi connectivity index (χ1v) is 8.84. The van der Waals surface area contributed by atoms with Crippen molar-refractivity contribution in [3.63, 3.8) is 0 Å². The molecule has 0 radical (unpaired) electrons. The Morgan fingerprint density at radius 2 is 1.93 bits per heavy atom. The number of carbonyl (C=O) groups excluding carboxylic acids is 2. The molecule has 0 unspecified atom stereocenters. The Balaban J connectivity index is 1.81. The molecule has 8 nitrogen and oxygen atoms in total. The molecule has 1 N–H and O–H groups in total. The van der Waals surface area contributed by atoms with Crippen molar-refractivity contribution in [1.29, 1.82) is 0 Å². The van der Waals surface area contributed by atoms with Gasteiger partial charge in [-0.3, -0.25) is 9.59 Å². The van der Waals surface area contributed by atoms with E-state index in [1.807, 2.05) is 30.3 Å². The molecule has 2 aromatic rings. The van der Waals surface area contributed by atoms with Crippen molar-refractivity contribution in [2.24, 2.45) is 0 Å². The van der Waals surface area contributed by atoms with Gasteiger partial charge in [0, 0.05) is 31.5 Å². The zero-order chi connectivity index (χ0) is 19.4. The summed E-state index contributed by atoms with van der Waals surface area (Å²) in [4.78, 5) is 37.1. The van der Waals surface area contributed by atoms with Crippen LogP contribution in [0.15, 0.2) is 30.3 Å². The average molecular weight is 371 g/mol. The summed E-state index contributed by atoms with van der Waals surface area (Å²) in [6.45, 7) is 2.61. The molecule has 2 heterocycles. The number of esters is 1. The Morgan fingerprint density at radius 3 is 2.59 bits per heavy atom. The van der Waals surface area contributed by atoms with E-state index < -0.39 is 11.9 Å². The van der Waals surface area contributed by atoms with E-state index >= 15 is 0 Å². The van der Waals surface area contributed by atoms with Crippen molar-refractivity contribution in [3.8, 4) is 5.69 Å². The van der Waals surface area contributed by atoms with Gasteiger partial charge in [-0.2, -0.15) is 5.10 Å². The molecule has 0 bridgehead atoms. The molecule has 0 saturated carbocycles. The lowest BCUT2D eigenvalue weighted by Crippen LogP contribution is -2.36. The number of benzene rings is 1. The van der Waals surface area contributed by atoms with E-state index in [1.165, 1.54) is 0 Å². The summed E-state index contributed by atoms with van der Waals surface area (Å²) in [6.07, 6.45) is 0.560. The molecule has 1 aliphatic rings. The molecule has 1 aromatic heterocycles. The fourth-order valence-electron chi connectivity index (χ4n) is 3.19. The molecule has 142 valence electrons. The molecule has 0 aliphatic carbocycles. The number of ether oxygens (including phenoxy) is 1. The Bertz CT molecular complexity index is 860. The first kappa shape index (κ1) is 18.6. The van der Waals surface area contributed by atoms with Crippen molar-refractivity contribution in [2.45, 2.75) is 32.7 Å². The first-order valence-electron chi connectivity index (χ1n) is 8.84. The van der Waals surface area contributed by atoms with Crippen LogP contribution in [0.1, 0.15) is 41.5 Å². The summed E-state index contributed by atoms with van der Waals surface area (Å²) in [5.74, 6) is -1.73. The normalized spacial score (nSPS) is 13.1. The predicted octanol–water partition coefficient (Wildman–Crippen LogP) is 1.80. The minimum Gasteiger partial charge on any atom is -0.476 e. The van der Waals surface area contributed by atoms with E-state index in [1.54, 1.807) is 16.5 Å². The molecule has 27 heavy (non-hydrogen) atoms. The fourth-order valence-corrected chi connectivity index (χ4v) is 3.19. The Hall–Kier alpha value is -3.16. The predicted molar refractivity (Wildman–Crippen MR) is 95.5 cm³/mol. The monoisotopic (exact) mass is 371 g/mol. The second-order valence-corrected chi connectivity index (χ2v) is 6.20. The van der Waals surface area contributed by atoms with Crippen LogP contribution in [0, 0.1) is 0 Å². The highest BCUT2D eigenvalue weighted by atomic mass is 16.5. The molecular weight excluding hydrogens is 350 g/mol. The zero-order valence-electron chi connectivity index (χ0n) is 15.1. The molecule has 3 rings (SSSR count). The highest BCUT2D eigenvalue weighted by molar-refractivity contribution is 5.88. The lowest BCUT2D eigenvalue weighted by Gasteiger charge is -2.27. The van der Waals surface area contributed by atoms with Crippen molar-refractivity contribution < 1.29 is 24.2 Å². The zero-order valence-corrected chi connectivity index (χ0v) is 15.1. The topological polar surface area (TPSA) is 102 Å². The fraction of sp³-hybridized carbons (Fsp3) is 0.368. The number of rotatable bonds is 6. The van der Waals surface area contributed by atoms with E-state index in [0.717, 1.165) is 11.4 Å².